The lowest BCUT2D eigenvalue weighted by Crippen LogP contribution is -2.46. The Morgan fingerprint density at radius 1 is 1.00 bits per heavy atom. The number of fused-ring (bicyclic) bond motifs is 1. The van der Waals surface area contributed by atoms with Crippen LogP contribution in [0.3, 0.4) is 0 Å². The second-order valence-electron chi connectivity index (χ2n) is 6.94. The molecule has 0 radical (unpaired) electrons. The Labute approximate surface area is 115 Å². The Kier molecular flexibility index (Phi) is 4.59. The first-order chi connectivity index (χ1) is 8.59. The summed E-state index contributed by atoms with van der Waals surface area (Å²) >= 11 is 0. The largest absolute Gasteiger partial charge is 0.414 e. The van der Waals surface area contributed by atoms with Gasteiger partial charge in [-0.1, -0.05) is 40.5 Å². The van der Waals surface area contributed by atoms with Gasteiger partial charge in [0.05, 0.1) is 0 Å². The number of hydrogen-bond donors (Lipinski definition) is 0. The molecule has 0 spiro atoms. The van der Waals surface area contributed by atoms with Crippen molar-refractivity contribution in [3.63, 3.8) is 0 Å². The van der Waals surface area contributed by atoms with Gasteiger partial charge in [-0.25, -0.2) is 0 Å². The van der Waals surface area contributed by atoms with E-state index in [1.165, 1.54) is 56.7 Å². The van der Waals surface area contributed by atoms with E-state index in [9.17, 15) is 0 Å². The van der Waals surface area contributed by atoms with Gasteiger partial charge in [-0.3, -0.25) is 0 Å². The molecule has 0 aromatic carbocycles. The molecular weight excluding hydrogens is 236 g/mol. The average Bonchev–Trinajstić information content (AvgIpc) is 2.78. The lowest BCUT2D eigenvalue weighted by molar-refractivity contribution is 0.0115. The molecule has 3 unspecified atom stereocenters. The van der Waals surface area contributed by atoms with E-state index in [0.29, 0.717) is 11.5 Å². The SMILES string of the molecule is CC[Si](CC)(CC)OC1CCCC2(C)CCCC12. The van der Waals surface area contributed by atoms with Crippen molar-refractivity contribution in [2.75, 3.05) is 0 Å². The molecule has 2 heteroatoms. The van der Waals surface area contributed by atoms with Gasteiger partial charge in [0, 0.05) is 6.10 Å². The predicted octanol–water partition coefficient (Wildman–Crippen LogP) is 5.37. The fourth-order valence-electron chi connectivity index (χ4n) is 4.58. The van der Waals surface area contributed by atoms with Crippen molar-refractivity contribution < 1.29 is 4.43 Å². The van der Waals surface area contributed by atoms with Crippen LogP contribution < -0.4 is 0 Å². The van der Waals surface area contributed by atoms with Gasteiger partial charge in [-0.2, -0.15) is 0 Å². The minimum atomic E-state index is -1.40. The molecule has 2 aliphatic carbocycles. The van der Waals surface area contributed by atoms with Gasteiger partial charge >= 0.3 is 0 Å². The third-order valence-electron chi connectivity index (χ3n) is 6.18. The molecule has 0 aromatic heterocycles. The molecule has 3 atom stereocenters. The summed E-state index contributed by atoms with van der Waals surface area (Å²) in [6.07, 6.45) is 9.14. The van der Waals surface area contributed by atoms with Gasteiger partial charge < -0.3 is 4.43 Å². The molecule has 2 aliphatic rings. The van der Waals surface area contributed by atoms with Crippen LogP contribution in [0.5, 0.6) is 0 Å². The minimum absolute atomic E-state index is 0.609. The summed E-state index contributed by atoms with van der Waals surface area (Å²) in [4.78, 5) is 0. The summed E-state index contributed by atoms with van der Waals surface area (Å²) in [7, 11) is -1.40. The van der Waals surface area contributed by atoms with Crippen molar-refractivity contribution in [1.82, 2.24) is 0 Å². The number of rotatable bonds is 5. The molecular formula is C16H32OSi. The lowest BCUT2D eigenvalue weighted by atomic mass is 9.68. The fourth-order valence-corrected chi connectivity index (χ4v) is 7.50. The quantitative estimate of drug-likeness (QED) is 0.609. The molecule has 0 N–H and O–H groups in total. The molecule has 2 fully saturated rings. The molecule has 0 aromatic rings. The molecule has 0 saturated heterocycles. The monoisotopic (exact) mass is 268 g/mol. The summed E-state index contributed by atoms with van der Waals surface area (Å²) in [5, 5.41) is 0. The van der Waals surface area contributed by atoms with Crippen LogP contribution in [0, 0.1) is 11.3 Å². The van der Waals surface area contributed by atoms with E-state index in [0.717, 1.165) is 5.92 Å². The summed E-state index contributed by atoms with van der Waals surface area (Å²) in [5.41, 5.74) is 0.623. The van der Waals surface area contributed by atoms with Gasteiger partial charge in [0.2, 0.25) is 0 Å². The molecule has 0 aliphatic heterocycles. The average molecular weight is 269 g/mol. The zero-order valence-corrected chi connectivity index (χ0v) is 13.9. The summed E-state index contributed by atoms with van der Waals surface area (Å²) < 4.78 is 6.84. The van der Waals surface area contributed by atoms with Gasteiger partial charge in [0.15, 0.2) is 8.32 Å². The maximum Gasteiger partial charge on any atom is 0.192 e. The molecule has 2 saturated carbocycles. The van der Waals surface area contributed by atoms with Crippen LogP contribution in [-0.2, 0) is 4.43 Å². The predicted molar refractivity (Wildman–Crippen MR) is 81.4 cm³/mol. The normalized spacial score (nSPS) is 36.7. The van der Waals surface area contributed by atoms with Crippen LogP contribution in [0.25, 0.3) is 0 Å². The molecule has 106 valence electrons. The topological polar surface area (TPSA) is 9.23 Å². The lowest BCUT2D eigenvalue weighted by Gasteiger charge is -2.45. The molecule has 18 heavy (non-hydrogen) atoms. The van der Waals surface area contributed by atoms with Crippen LogP contribution in [-0.4, -0.2) is 14.4 Å². The van der Waals surface area contributed by atoms with E-state index >= 15 is 0 Å². The maximum atomic E-state index is 6.84. The Morgan fingerprint density at radius 3 is 2.11 bits per heavy atom. The maximum absolute atomic E-state index is 6.84. The first-order valence-corrected chi connectivity index (χ1v) is 10.8. The van der Waals surface area contributed by atoms with Gasteiger partial charge in [0.25, 0.3) is 0 Å². The highest BCUT2D eigenvalue weighted by molar-refractivity contribution is 6.73. The van der Waals surface area contributed by atoms with Crippen LogP contribution in [0.15, 0.2) is 0 Å². The van der Waals surface area contributed by atoms with Crippen molar-refractivity contribution in [3.05, 3.63) is 0 Å². The number of hydrogen-bond acceptors (Lipinski definition) is 1. The zero-order chi connectivity index (χ0) is 13.2. The van der Waals surface area contributed by atoms with Gasteiger partial charge in [-0.05, 0) is 55.1 Å². The second kappa shape index (κ2) is 5.66. The Bertz CT molecular complexity index is 266. The van der Waals surface area contributed by atoms with Crippen molar-refractivity contribution in [1.29, 1.82) is 0 Å². The molecule has 0 heterocycles. The zero-order valence-electron chi connectivity index (χ0n) is 12.9. The second-order valence-corrected chi connectivity index (χ2v) is 11.7. The third-order valence-corrected chi connectivity index (χ3v) is 10.8. The standard InChI is InChI=1S/C16H32OSi/c1-5-18(6-2,7-3)17-15-11-9-13-16(4)12-8-10-14(15)16/h14-15H,5-13H2,1-4H3. The molecule has 1 nitrogen and oxygen atoms in total. The molecule has 0 bridgehead atoms. The highest BCUT2D eigenvalue weighted by Gasteiger charge is 2.47. The highest BCUT2D eigenvalue weighted by atomic mass is 28.4. The molecule has 0 amide bonds. The summed E-state index contributed by atoms with van der Waals surface area (Å²) in [5.74, 6) is 0.878. The smallest absolute Gasteiger partial charge is 0.192 e. The van der Waals surface area contributed by atoms with E-state index in [1.54, 1.807) is 0 Å². The van der Waals surface area contributed by atoms with E-state index in [4.69, 9.17) is 4.43 Å². The summed E-state index contributed by atoms with van der Waals surface area (Å²) in [6.45, 7) is 9.61. The van der Waals surface area contributed by atoms with Crippen LogP contribution >= 0.6 is 0 Å². The van der Waals surface area contributed by atoms with E-state index < -0.39 is 8.32 Å². The Hall–Kier alpha value is 0.177. The first kappa shape index (κ1) is 14.6. The van der Waals surface area contributed by atoms with E-state index in [1.807, 2.05) is 0 Å². The van der Waals surface area contributed by atoms with Gasteiger partial charge in [0.1, 0.15) is 0 Å². The van der Waals surface area contributed by atoms with Crippen molar-refractivity contribution in [2.24, 2.45) is 11.3 Å². The van der Waals surface area contributed by atoms with Crippen molar-refractivity contribution >= 4 is 8.32 Å². The van der Waals surface area contributed by atoms with Gasteiger partial charge in [-0.15, -0.1) is 0 Å². The Morgan fingerprint density at radius 2 is 1.56 bits per heavy atom. The van der Waals surface area contributed by atoms with E-state index in [-0.39, 0.29) is 0 Å². The third kappa shape index (κ3) is 2.56. The molecule has 2 rings (SSSR count). The van der Waals surface area contributed by atoms with Crippen LogP contribution in [0.4, 0.5) is 0 Å². The van der Waals surface area contributed by atoms with E-state index in [2.05, 4.69) is 27.7 Å². The van der Waals surface area contributed by atoms with Crippen molar-refractivity contribution in [2.45, 2.75) is 90.5 Å². The summed E-state index contributed by atoms with van der Waals surface area (Å²) in [6, 6.07) is 3.92. The van der Waals surface area contributed by atoms with Crippen molar-refractivity contribution in [3.8, 4) is 0 Å². The highest BCUT2D eigenvalue weighted by Crippen LogP contribution is 2.53. The minimum Gasteiger partial charge on any atom is -0.414 e. The van der Waals surface area contributed by atoms with Crippen LogP contribution in [0.2, 0.25) is 18.1 Å². The van der Waals surface area contributed by atoms with Crippen LogP contribution in [0.1, 0.15) is 66.2 Å². The Balaban J connectivity index is 2.08. The fraction of sp³-hybridized carbons (Fsp3) is 1.00. The first-order valence-electron chi connectivity index (χ1n) is 8.27.